The third-order valence-electron chi connectivity index (χ3n) is 3.97. The zero-order valence-corrected chi connectivity index (χ0v) is 19.0. The van der Waals surface area contributed by atoms with Crippen molar-refractivity contribution in [2.24, 2.45) is 4.99 Å². The average Bonchev–Trinajstić information content (AvgIpc) is 2.73. The summed E-state index contributed by atoms with van der Waals surface area (Å²) in [5, 5.41) is 13.8. The number of amidine groups is 1. The van der Waals surface area contributed by atoms with Gasteiger partial charge in [-0.05, 0) is 51.5 Å². The quantitative estimate of drug-likeness (QED) is 0.520. The zero-order valence-electron chi connectivity index (χ0n) is 19.0. The maximum Gasteiger partial charge on any atom is 0.415 e. The number of nitriles is 1. The van der Waals surface area contributed by atoms with Crippen LogP contribution in [0.25, 0.3) is 0 Å². The first-order valence-electron chi connectivity index (χ1n) is 9.95. The Morgan fingerprint density at radius 1 is 1.30 bits per heavy atom. The van der Waals surface area contributed by atoms with Crippen molar-refractivity contribution in [3.05, 3.63) is 52.7 Å². The van der Waals surface area contributed by atoms with Crippen molar-refractivity contribution >= 4 is 23.8 Å². The molecule has 33 heavy (non-hydrogen) atoms. The molecule has 0 unspecified atom stereocenters. The number of nitrogens with one attached hydrogen (secondary N) is 2. The molecular weight excluding hydrogens is 431 g/mol. The fourth-order valence-electron chi connectivity index (χ4n) is 2.57. The van der Waals surface area contributed by atoms with Gasteiger partial charge in [0.1, 0.15) is 29.0 Å². The number of ether oxygens (including phenoxy) is 2. The number of carbonyl (C=O) groups excluding carboxylic acids is 2. The van der Waals surface area contributed by atoms with Crippen LogP contribution in [-0.2, 0) is 15.9 Å². The van der Waals surface area contributed by atoms with Crippen LogP contribution in [0.15, 0.2) is 29.4 Å². The highest BCUT2D eigenvalue weighted by molar-refractivity contribution is 6.03. The summed E-state index contributed by atoms with van der Waals surface area (Å²) in [6, 6.07) is 5.90. The monoisotopic (exact) mass is 456 g/mol. The molecule has 0 saturated heterocycles. The summed E-state index contributed by atoms with van der Waals surface area (Å²) in [6.07, 6.45) is 0.600. The lowest BCUT2D eigenvalue weighted by Crippen LogP contribution is -2.37. The van der Waals surface area contributed by atoms with E-state index in [2.05, 4.69) is 25.6 Å². The van der Waals surface area contributed by atoms with Crippen molar-refractivity contribution in [2.45, 2.75) is 39.7 Å². The highest BCUT2D eigenvalue weighted by atomic mass is 19.1. The Kier molecular flexibility index (Phi) is 8.39. The van der Waals surface area contributed by atoms with Gasteiger partial charge in [0.25, 0.3) is 11.9 Å². The van der Waals surface area contributed by atoms with Gasteiger partial charge < -0.3 is 14.8 Å². The van der Waals surface area contributed by atoms with Gasteiger partial charge in [0.15, 0.2) is 0 Å². The molecule has 0 radical (unpaired) electrons. The molecule has 0 aliphatic heterocycles. The highest BCUT2D eigenvalue weighted by Gasteiger charge is 2.18. The third kappa shape index (κ3) is 7.84. The molecule has 2 aromatic rings. The lowest BCUT2D eigenvalue weighted by molar-refractivity contribution is 0.0548. The van der Waals surface area contributed by atoms with Gasteiger partial charge in [-0.25, -0.2) is 29.5 Å². The van der Waals surface area contributed by atoms with Crippen LogP contribution < -0.4 is 10.6 Å². The number of aliphatic imine (C=N–C) groups is 1. The van der Waals surface area contributed by atoms with E-state index in [9.17, 15) is 14.0 Å². The smallest absolute Gasteiger partial charge is 0.415 e. The summed E-state index contributed by atoms with van der Waals surface area (Å²) in [7, 11) is 1.42. The molecule has 0 aliphatic carbocycles. The highest BCUT2D eigenvalue weighted by Crippen LogP contribution is 2.14. The first kappa shape index (κ1) is 25.2. The Bertz CT molecular complexity index is 1110. The molecule has 11 heteroatoms. The largest absolute Gasteiger partial charge is 0.465 e. The molecule has 2 rings (SSSR count). The van der Waals surface area contributed by atoms with Crippen molar-refractivity contribution in [1.29, 1.82) is 5.26 Å². The van der Waals surface area contributed by atoms with Gasteiger partial charge in [0.05, 0.1) is 17.9 Å². The van der Waals surface area contributed by atoms with Gasteiger partial charge >= 0.3 is 6.09 Å². The van der Waals surface area contributed by atoms with Crippen LogP contribution in [0.4, 0.5) is 15.0 Å². The maximum absolute atomic E-state index is 14.2. The van der Waals surface area contributed by atoms with E-state index in [1.165, 1.54) is 25.4 Å². The molecule has 174 valence electrons. The van der Waals surface area contributed by atoms with Crippen molar-refractivity contribution < 1.29 is 23.5 Å². The minimum absolute atomic E-state index is 0.0404. The summed E-state index contributed by atoms with van der Waals surface area (Å²) >= 11 is 0. The van der Waals surface area contributed by atoms with Crippen molar-refractivity contribution in [1.82, 2.24) is 15.3 Å². The van der Waals surface area contributed by atoms with Crippen LogP contribution in [0.1, 0.15) is 48.1 Å². The lowest BCUT2D eigenvalue weighted by Gasteiger charge is -2.20. The first-order valence-corrected chi connectivity index (χ1v) is 9.95. The van der Waals surface area contributed by atoms with E-state index >= 15 is 0 Å². The average molecular weight is 456 g/mol. The topological polar surface area (TPSA) is 139 Å². The predicted molar refractivity (Wildman–Crippen MR) is 118 cm³/mol. The Morgan fingerprint density at radius 3 is 2.64 bits per heavy atom. The standard InChI is InChI=1S/C22H25FN6O4/c1-13-10-14(11-24)12-26-18(13)19(30)28-17-7-6-15(23)16(27-17)8-9-32-20(25-5)29-21(31)33-22(2,3)4/h6-7,10,12H,8-9H2,1-5H3,(H,25,29,31)(H,27,28,30). The Labute approximate surface area is 190 Å². The van der Waals surface area contributed by atoms with Gasteiger partial charge in [0.2, 0.25) is 0 Å². The molecular formula is C22H25FN6O4. The number of aryl methyl sites for hydroxylation is 1. The van der Waals surface area contributed by atoms with Crippen molar-refractivity contribution in [3.8, 4) is 6.07 Å². The molecule has 0 spiro atoms. The van der Waals surface area contributed by atoms with E-state index in [0.717, 1.165) is 0 Å². The molecule has 0 aromatic carbocycles. The summed E-state index contributed by atoms with van der Waals surface area (Å²) in [4.78, 5) is 36.2. The van der Waals surface area contributed by atoms with Gasteiger partial charge in [-0.15, -0.1) is 0 Å². The van der Waals surface area contributed by atoms with E-state index in [1.807, 2.05) is 6.07 Å². The molecule has 0 fully saturated rings. The summed E-state index contributed by atoms with van der Waals surface area (Å²) in [5.74, 6) is -1.00. The number of hydrogen-bond acceptors (Lipinski definition) is 8. The van der Waals surface area contributed by atoms with Crippen molar-refractivity contribution in [2.75, 3.05) is 19.0 Å². The van der Waals surface area contributed by atoms with E-state index < -0.39 is 23.4 Å². The van der Waals surface area contributed by atoms with E-state index in [4.69, 9.17) is 14.7 Å². The fourth-order valence-corrected chi connectivity index (χ4v) is 2.57. The zero-order chi connectivity index (χ0) is 24.6. The summed E-state index contributed by atoms with van der Waals surface area (Å²) in [6.45, 7) is 6.77. The number of hydrogen-bond donors (Lipinski definition) is 2. The van der Waals surface area contributed by atoms with Gasteiger partial charge in [-0.3, -0.25) is 4.79 Å². The van der Waals surface area contributed by atoms with Crippen LogP contribution in [0.5, 0.6) is 0 Å². The minimum atomic E-state index is -0.733. The number of carbonyl (C=O) groups is 2. The summed E-state index contributed by atoms with van der Waals surface area (Å²) < 4.78 is 24.7. The fraction of sp³-hybridized carbons (Fsp3) is 0.364. The van der Waals surface area contributed by atoms with E-state index in [0.29, 0.717) is 11.1 Å². The number of rotatable bonds is 5. The summed E-state index contributed by atoms with van der Waals surface area (Å²) in [5.41, 5.74) is 0.341. The van der Waals surface area contributed by atoms with Gasteiger partial charge in [0, 0.05) is 19.7 Å². The molecule has 10 nitrogen and oxygen atoms in total. The molecule has 0 atom stereocenters. The van der Waals surface area contributed by atoms with E-state index in [-0.39, 0.29) is 36.3 Å². The van der Waals surface area contributed by atoms with Crippen LogP contribution >= 0.6 is 0 Å². The number of amides is 2. The molecule has 0 aliphatic rings. The molecule has 2 heterocycles. The number of anilines is 1. The molecule has 2 amide bonds. The Balaban J connectivity index is 1.99. The number of nitrogens with zero attached hydrogens (tertiary/aromatic N) is 4. The number of pyridine rings is 2. The number of halogens is 1. The SMILES string of the molecule is C/N=C(/NC(=O)OC(C)(C)C)OCCc1nc(NC(=O)c2ncc(C#N)cc2C)ccc1F. The predicted octanol–water partition coefficient (Wildman–Crippen LogP) is 3.12. The minimum Gasteiger partial charge on any atom is -0.465 e. The Morgan fingerprint density at radius 2 is 2.03 bits per heavy atom. The normalized spacial score (nSPS) is 11.4. The van der Waals surface area contributed by atoms with Crippen LogP contribution in [0, 0.1) is 24.1 Å². The van der Waals surface area contributed by atoms with Gasteiger partial charge in [-0.1, -0.05) is 0 Å². The number of alkyl carbamates (subject to hydrolysis) is 1. The third-order valence-corrected chi connectivity index (χ3v) is 3.97. The van der Waals surface area contributed by atoms with Crippen LogP contribution in [0.3, 0.4) is 0 Å². The second-order valence-corrected chi connectivity index (χ2v) is 7.83. The number of aromatic nitrogens is 2. The molecule has 2 N–H and O–H groups in total. The second-order valence-electron chi connectivity index (χ2n) is 7.83. The Hall–Kier alpha value is -4.07. The maximum atomic E-state index is 14.2. The van der Waals surface area contributed by atoms with Gasteiger partial charge in [-0.2, -0.15) is 5.26 Å². The lowest BCUT2D eigenvalue weighted by atomic mass is 10.1. The van der Waals surface area contributed by atoms with Crippen molar-refractivity contribution in [3.63, 3.8) is 0 Å². The molecule has 0 saturated carbocycles. The van der Waals surface area contributed by atoms with E-state index in [1.54, 1.807) is 33.8 Å². The van der Waals surface area contributed by atoms with Crippen LogP contribution in [-0.4, -0.2) is 47.2 Å². The molecule has 2 aromatic heterocycles. The second kappa shape index (κ2) is 11.0. The first-order chi connectivity index (χ1) is 15.5. The molecule has 0 bridgehead atoms. The van der Waals surface area contributed by atoms with Crippen LogP contribution in [0.2, 0.25) is 0 Å².